The monoisotopic (exact) mass is 441 g/mol. The number of hydrogen-bond donors (Lipinski definition) is 1. The molecule has 0 saturated carbocycles. The number of amides is 2. The average Bonchev–Trinajstić information content (AvgIpc) is 2.75. The van der Waals surface area contributed by atoms with E-state index in [2.05, 4.69) is 0 Å². The van der Waals surface area contributed by atoms with Crippen molar-refractivity contribution < 1.29 is 9.59 Å². The zero-order valence-electron chi connectivity index (χ0n) is 16.3. The predicted molar refractivity (Wildman–Crippen MR) is 119 cm³/mol. The van der Waals surface area contributed by atoms with Gasteiger partial charge in [0.05, 0.1) is 33.2 Å². The van der Waals surface area contributed by atoms with Crippen molar-refractivity contribution in [2.75, 3.05) is 13.1 Å². The zero-order chi connectivity index (χ0) is 21.3. The number of benzene rings is 2. The van der Waals surface area contributed by atoms with Gasteiger partial charge in [-0.3, -0.25) is 14.6 Å². The maximum atomic E-state index is 12.7. The number of carbonyl (C=O) groups is 2. The van der Waals surface area contributed by atoms with E-state index in [1.165, 1.54) is 0 Å². The van der Waals surface area contributed by atoms with E-state index in [0.717, 1.165) is 35.0 Å². The maximum Gasteiger partial charge on any atom is 0.250 e. The van der Waals surface area contributed by atoms with Crippen LogP contribution in [0.5, 0.6) is 0 Å². The lowest BCUT2D eigenvalue weighted by Crippen LogP contribution is -2.39. The standard InChI is InChI=1S/C23H21Cl2N3O2/c24-18-6-5-14(11-19(18)25)12-21(29)28-9-7-15(8-10-28)22-17(23(26)30)13-16-3-1-2-4-20(16)27-22/h1-6,11,13,15H,7-10,12H2,(H2,26,30). The number of rotatable bonds is 4. The number of likely N-dealkylation sites (tertiary alicyclic amines) is 1. The number of para-hydroxylation sites is 1. The number of aromatic nitrogens is 1. The first-order valence-electron chi connectivity index (χ1n) is 9.83. The van der Waals surface area contributed by atoms with Gasteiger partial charge in [-0.1, -0.05) is 47.5 Å². The fourth-order valence-corrected chi connectivity index (χ4v) is 4.30. The van der Waals surface area contributed by atoms with E-state index in [1.807, 2.05) is 41.3 Å². The second-order valence-corrected chi connectivity index (χ2v) is 8.37. The molecule has 2 N–H and O–H groups in total. The lowest BCUT2D eigenvalue weighted by atomic mass is 9.89. The van der Waals surface area contributed by atoms with Crippen molar-refractivity contribution in [2.24, 2.45) is 5.73 Å². The van der Waals surface area contributed by atoms with Crippen LogP contribution < -0.4 is 5.73 Å². The molecule has 3 aromatic rings. The van der Waals surface area contributed by atoms with Crippen molar-refractivity contribution in [3.8, 4) is 0 Å². The highest BCUT2D eigenvalue weighted by atomic mass is 35.5. The second-order valence-electron chi connectivity index (χ2n) is 7.56. The molecule has 1 fully saturated rings. The summed E-state index contributed by atoms with van der Waals surface area (Å²) in [7, 11) is 0. The molecule has 0 spiro atoms. The van der Waals surface area contributed by atoms with Crippen LogP contribution in [-0.4, -0.2) is 34.8 Å². The molecule has 0 aliphatic carbocycles. The number of carbonyl (C=O) groups excluding carboxylic acids is 2. The topological polar surface area (TPSA) is 76.3 Å². The van der Waals surface area contributed by atoms with Crippen molar-refractivity contribution in [1.82, 2.24) is 9.88 Å². The molecule has 154 valence electrons. The number of primary amides is 1. The average molecular weight is 442 g/mol. The SMILES string of the molecule is NC(=O)c1cc2ccccc2nc1C1CCN(C(=O)Cc2ccc(Cl)c(Cl)c2)CC1. The van der Waals surface area contributed by atoms with Gasteiger partial charge in [0.1, 0.15) is 0 Å². The molecule has 0 unspecified atom stereocenters. The van der Waals surface area contributed by atoms with E-state index in [9.17, 15) is 9.59 Å². The second kappa shape index (κ2) is 8.62. The number of halogens is 2. The highest BCUT2D eigenvalue weighted by Gasteiger charge is 2.27. The smallest absolute Gasteiger partial charge is 0.250 e. The van der Waals surface area contributed by atoms with Gasteiger partial charge >= 0.3 is 0 Å². The van der Waals surface area contributed by atoms with Gasteiger partial charge in [0.2, 0.25) is 5.91 Å². The van der Waals surface area contributed by atoms with Crippen molar-refractivity contribution >= 4 is 45.9 Å². The molecular weight excluding hydrogens is 421 g/mol. The van der Waals surface area contributed by atoms with Crippen molar-refractivity contribution in [1.29, 1.82) is 0 Å². The third kappa shape index (κ3) is 4.27. The summed E-state index contributed by atoms with van der Waals surface area (Å²) >= 11 is 12.0. The van der Waals surface area contributed by atoms with E-state index < -0.39 is 5.91 Å². The number of fused-ring (bicyclic) bond motifs is 1. The lowest BCUT2D eigenvalue weighted by Gasteiger charge is -2.32. The van der Waals surface area contributed by atoms with Gasteiger partial charge in [-0.2, -0.15) is 0 Å². The van der Waals surface area contributed by atoms with E-state index in [4.69, 9.17) is 33.9 Å². The largest absolute Gasteiger partial charge is 0.366 e. The molecule has 2 amide bonds. The van der Waals surface area contributed by atoms with Crippen LogP contribution in [0, 0.1) is 0 Å². The predicted octanol–water partition coefficient (Wildman–Crippen LogP) is 4.59. The van der Waals surface area contributed by atoms with Crippen LogP contribution in [0.4, 0.5) is 0 Å². The minimum Gasteiger partial charge on any atom is -0.366 e. The fourth-order valence-electron chi connectivity index (χ4n) is 3.98. The van der Waals surface area contributed by atoms with Crippen molar-refractivity contribution in [2.45, 2.75) is 25.2 Å². The lowest BCUT2D eigenvalue weighted by molar-refractivity contribution is -0.131. The Kier molecular flexibility index (Phi) is 5.93. The minimum atomic E-state index is -0.471. The molecule has 0 bridgehead atoms. The number of nitrogens with zero attached hydrogens (tertiary/aromatic N) is 2. The van der Waals surface area contributed by atoms with Crippen LogP contribution in [0.2, 0.25) is 10.0 Å². The van der Waals surface area contributed by atoms with Crippen molar-refractivity contribution in [3.63, 3.8) is 0 Å². The summed E-state index contributed by atoms with van der Waals surface area (Å²) in [5.74, 6) is -0.332. The van der Waals surface area contributed by atoms with E-state index in [0.29, 0.717) is 28.7 Å². The Morgan fingerprint density at radius 1 is 1.03 bits per heavy atom. The number of pyridine rings is 1. The number of nitrogens with two attached hydrogens (primary N) is 1. The maximum absolute atomic E-state index is 12.7. The summed E-state index contributed by atoms with van der Waals surface area (Å²) in [5.41, 5.74) is 8.51. The molecular formula is C23H21Cl2N3O2. The summed E-state index contributed by atoms with van der Waals surface area (Å²) in [4.78, 5) is 31.3. The molecule has 1 aromatic heterocycles. The van der Waals surface area contributed by atoms with Crippen LogP contribution in [0.3, 0.4) is 0 Å². The molecule has 5 nitrogen and oxygen atoms in total. The fraction of sp³-hybridized carbons (Fsp3) is 0.261. The summed E-state index contributed by atoms with van der Waals surface area (Å²) in [6, 6.07) is 14.8. The summed E-state index contributed by atoms with van der Waals surface area (Å²) in [6.07, 6.45) is 1.75. The highest BCUT2D eigenvalue weighted by Crippen LogP contribution is 2.31. The molecule has 0 atom stereocenters. The number of hydrogen-bond acceptors (Lipinski definition) is 3. The first-order valence-corrected chi connectivity index (χ1v) is 10.6. The van der Waals surface area contributed by atoms with Crippen molar-refractivity contribution in [3.05, 3.63) is 75.4 Å². The molecule has 0 radical (unpaired) electrons. The first-order chi connectivity index (χ1) is 14.4. The van der Waals surface area contributed by atoms with Crippen LogP contribution >= 0.6 is 23.2 Å². The van der Waals surface area contributed by atoms with E-state index in [-0.39, 0.29) is 18.2 Å². The molecule has 1 aliphatic heterocycles. The first kappa shape index (κ1) is 20.6. The zero-order valence-corrected chi connectivity index (χ0v) is 17.8. The summed E-state index contributed by atoms with van der Waals surface area (Å²) in [6.45, 7) is 1.22. The minimum absolute atomic E-state index is 0.0495. The van der Waals surface area contributed by atoms with Crippen LogP contribution in [0.15, 0.2) is 48.5 Å². The van der Waals surface area contributed by atoms with Crippen LogP contribution in [0.25, 0.3) is 10.9 Å². The molecule has 7 heteroatoms. The Morgan fingerprint density at radius 3 is 2.47 bits per heavy atom. The molecule has 2 heterocycles. The quantitative estimate of drug-likeness (QED) is 0.642. The van der Waals surface area contributed by atoms with E-state index >= 15 is 0 Å². The highest BCUT2D eigenvalue weighted by molar-refractivity contribution is 6.42. The Balaban J connectivity index is 1.47. The van der Waals surface area contributed by atoms with E-state index in [1.54, 1.807) is 12.1 Å². The summed E-state index contributed by atoms with van der Waals surface area (Å²) < 4.78 is 0. The molecule has 2 aromatic carbocycles. The third-order valence-corrected chi connectivity index (χ3v) is 6.33. The number of piperidine rings is 1. The third-order valence-electron chi connectivity index (χ3n) is 5.59. The normalized spacial score (nSPS) is 14.8. The van der Waals surface area contributed by atoms with Gasteiger partial charge < -0.3 is 10.6 Å². The van der Waals surface area contributed by atoms with Gasteiger partial charge in [-0.25, -0.2) is 0 Å². The Bertz CT molecular complexity index is 1120. The van der Waals surface area contributed by atoms with Gasteiger partial charge in [-0.15, -0.1) is 0 Å². The van der Waals surface area contributed by atoms with Crippen LogP contribution in [0.1, 0.15) is 40.4 Å². The van der Waals surface area contributed by atoms with Crippen LogP contribution in [-0.2, 0) is 11.2 Å². The van der Waals surface area contributed by atoms with Gasteiger partial charge in [0, 0.05) is 24.4 Å². The van der Waals surface area contributed by atoms with Gasteiger partial charge in [0.25, 0.3) is 5.91 Å². The van der Waals surface area contributed by atoms with Gasteiger partial charge in [0.15, 0.2) is 0 Å². The Hall–Kier alpha value is -2.63. The molecule has 1 saturated heterocycles. The molecule has 4 rings (SSSR count). The van der Waals surface area contributed by atoms with Gasteiger partial charge in [-0.05, 0) is 42.7 Å². The Labute approximate surface area is 184 Å². The molecule has 30 heavy (non-hydrogen) atoms. The summed E-state index contributed by atoms with van der Waals surface area (Å²) in [5, 5.41) is 1.81. The molecule has 1 aliphatic rings. The Morgan fingerprint density at radius 2 is 1.77 bits per heavy atom.